The molecule has 2 N–H and O–H groups in total. The van der Waals surface area contributed by atoms with E-state index in [-0.39, 0.29) is 12.1 Å². The van der Waals surface area contributed by atoms with Crippen molar-refractivity contribution in [1.82, 2.24) is 10.6 Å². The van der Waals surface area contributed by atoms with Crippen LogP contribution in [0.25, 0.3) is 0 Å². The number of aliphatic imine (C=N–C) groups is 1. The van der Waals surface area contributed by atoms with E-state index in [0.29, 0.717) is 13.0 Å². The standard InChI is InChI=1S/C9H18FN3/c1-9(2)6-12-8(13-7-9)11-5-3-4-10/h3-7H2,1-2H3,(H2,11,12,13). The third-order valence-corrected chi connectivity index (χ3v) is 2.00. The third-order valence-electron chi connectivity index (χ3n) is 2.00. The van der Waals surface area contributed by atoms with Crippen molar-refractivity contribution in [3.63, 3.8) is 0 Å². The molecule has 0 bridgehead atoms. The van der Waals surface area contributed by atoms with E-state index in [1.165, 1.54) is 0 Å². The molecule has 1 aliphatic rings. The van der Waals surface area contributed by atoms with Crippen LogP contribution in [-0.2, 0) is 0 Å². The molecule has 3 nitrogen and oxygen atoms in total. The molecule has 0 aliphatic carbocycles. The number of rotatable bonds is 3. The van der Waals surface area contributed by atoms with Crippen molar-refractivity contribution in [1.29, 1.82) is 0 Å². The Morgan fingerprint density at radius 2 is 2.38 bits per heavy atom. The van der Waals surface area contributed by atoms with Crippen LogP contribution in [0.5, 0.6) is 0 Å². The molecule has 0 atom stereocenters. The zero-order valence-electron chi connectivity index (χ0n) is 8.36. The number of hydrogen-bond donors (Lipinski definition) is 2. The van der Waals surface area contributed by atoms with Gasteiger partial charge in [-0.15, -0.1) is 0 Å². The monoisotopic (exact) mass is 187 g/mol. The Kier molecular flexibility index (Phi) is 3.51. The minimum Gasteiger partial charge on any atom is -0.356 e. The van der Waals surface area contributed by atoms with Gasteiger partial charge in [-0.1, -0.05) is 13.8 Å². The predicted octanol–water partition coefficient (Wildman–Crippen LogP) is 0.921. The van der Waals surface area contributed by atoms with Gasteiger partial charge in [-0.2, -0.15) is 0 Å². The van der Waals surface area contributed by atoms with Gasteiger partial charge in [-0.05, 0) is 6.42 Å². The van der Waals surface area contributed by atoms with E-state index < -0.39 is 0 Å². The second kappa shape index (κ2) is 4.44. The summed E-state index contributed by atoms with van der Waals surface area (Å²) >= 11 is 0. The Balaban J connectivity index is 2.25. The molecular formula is C9H18FN3. The Hall–Kier alpha value is -0.800. The van der Waals surface area contributed by atoms with E-state index in [4.69, 9.17) is 0 Å². The first-order valence-electron chi connectivity index (χ1n) is 4.72. The summed E-state index contributed by atoms with van der Waals surface area (Å²) in [5.74, 6) is 0.813. The van der Waals surface area contributed by atoms with Gasteiger partial charge < -0.3 is 10.6 Å². The van der Waals surface area contributed by atoms with Crippen LogP contribution in [0, 0.1) is 5.41 Å². The Morgan fingerprint density at radius 1 is 1.62 bits per heavy atom. The minimum absolute atomic E-state index is 0.241. The molecule has 0 aromatic heterocycles. The molecule has 0 aromatic carbocycles. The number of hydrogen-bond acceptors (Lipinski definition) is 3. The summed E-state index contributed by atoms with van der Waals surface area (Å²) in [6.45, 7) is 6.48. The molecule has 1 rings (SSSR count). The molecule has 0 radical (unpaired) electrons. The molecule has 0 saturated carbocycles. The van der Waals surface area contributed by atoms with Gasteiger partial charge in [0.1, 0.15) is 0 Å². The summed E-state index contributed by atoms with van der Waals surface area (Å²) in [6, 6.07) is 0. The molecule has 0 aromatic rings. The molecule has 1 heterocycles. The number of nitrogens with zero attached hydrogens (tertiary/aromatic N) is 1. The van der Waals surface area contributed by atoms with Crippen molar-refractivity contribution < 1.29 is 4.39 Å². The van der Waals surface area contributed by atoms with E-state index in [0.717, 1.165) is 19.0 Å². The van der Waals surface area contributed by atoms with Crippen molar-refractivity contribution >= 4 is 5.96 Å². The highest BCUT2D eigenvalue weighted by Crippen LogP contribution is 2.15. The summed E-state index contributed by atoms with van der Waals surface area (Å²) in [6.07, 6.45) is 0.546. The second-order valence-corrected chi connectivity index (χ2v) is 4.15. The van der Waals surface area contributed by atoms with Gasteiger partial charge in [0.05, 0.1) is 6.67 Å². The number of guanidine groups is 1. The molecule has 0 saturated heterocycles. The highest BCUT2D eigenvalue weighted by molar-refractivity contribution is 5.80. The lowest BCUT2D eigenvalue weighted by atomic mass is 9.93. The predicted molar refractivity (Wildman–Crippen MR) is 52.7 cm³/mol. The van der Waals surface area contributed by atoms with Crippen molar-refractivity contribution in [2.45, 2.75) is 20.3 Å². The second-order valence-electron chi connectivity index (χ2n) is 4.15. The van der Waals surface area contributed by atoms with Crippen molar-refractivity contribution in [3.05, 3.63) is 0 Å². The van der Waals surface area contributed by atoms with Crippen LogP contribution in [0.1, 0.15) is 20.3 Å². The van der Waals surface area contributed by atoms with Gasteiger partial charge in [-0.25, -0.2) is 0 Å². The van der Waals surface area contributed by atoms with E-state index in [1.54, 1.807) is 0 Å². The molecule has 76 valence electrons. The maximum Gasteiger partial charge on any atom is 0.191 e. The first-order chi connectivity index (χ1) is 6.14. The van der Waals surface area contributed by atoms with Crippen LogP contribution >= 0.6 is 0 Å². The van der Waals surface area contributed by atoms with Crippen LogP contribution in [0.4, 0.5) is 4.39 Å². The Labute approximate surface area is 78.8 Å². The van der Waals surface area contributed by atoms with Crippen LogP contribution in [-0.4, -0.2) is 32.3 Å². The average molecular weight is 187 g/mol. The average Bonchev–Trinajstić information content (AvgIpc) is 2.08. The lowest BCUT2D eigenvalue weighted by Crippen LogP contribution is -2.47. The van der Waals surface area contributed by atoms with Crippen LogP contribution in [0.2, 0.25) is 0 Å². The summed E-state index contributed by atoms with van der Waals surface area (Å²) in [4.78, 5) is 4.33. The topological polar surface area (TPSA) is 36.4 Å². The smallest absolute Gasteiger partial charge is 0.191 e. The minimum atomic E-state index is -0.272. The third kappa shape index (κ3) is 3.61. The van der Waals surface area contributed by atoms with Gasteiger partial charge in [0.2, 0.25) is 0 Å². The zero-order valence-corrected chi connectivity index (χ0v) is 8.36. The fourth-order valence-electron chi connectivity index (χ4n) is 1.12. The zero-order chi connectivity index (χ0) is 9.73. The molecule has 0 unspecified atom stereocenters. The largest absolute Gasteiger partial charge is 0.356 e. The van der Waals surface area contributed by atoms with E-state index in [9.17, 15) is 4.39 Å². The van der Waals surface area contributed by atoms with E-state index in [2.05, 4.69) is 29.5 Å². The summed E-state index contributed by atoms with van der Waals surface area (Å²) in [5, 5.41) is 6.24. The lowest BCUT2D eigenvalue weighted by molar-refractivity contribution is 0.357. The quantitative estimate of drug-likeness (QED) is 0.645. The SMILES string of the molecule is CC1(C)CN=C(NCCCF)NC1. The highest BCUT2D eigenvalue weighted by Gasteiger charge is 2.21. The summed E-state index contributed by atoms with van der Waals surface area (Å²) in [7, 11) is 0. The van der Waals surface area contributed by atoms with Gasteiger partial charge in [0.25, 0.3) is 0 Å². The van der Waals surface area contributed by atoms with Crippen molar-refractivity contribution in [2.24, 2.45) is 10.4 Å². The molecule has 0 fully saturated rings. The molecule has 0 amide bonds. The fraction of sp³-hybridized carbons (Fsp3) is 0.889. The van der Waals surface area contributed by atoms with Crippen LogP contribution in [0.15, 0.2) is 4.99 Å². The van der Waals surface area contributed by atoms with Crippen LogP contribution < -0.4 is 10.6 Å². The molecule has 0 spiro atoms. The van der Waals surface area contributed by atoms with E-state index in [1.807, 2.05) is 0 Å². The van der Waals surface area contributed by atoms with Gasteiger partial charge >= 0.3 is 0 Å². The maximum absolute atomic E-state index is 11.8. The van der Waals surface area contributed by atoms with Crippen molar-refractivity contribution in [3.8, 4) is 0 Å². The van der Waals surface area contributed by atoms with Crippen LogP contribution in [0.3, 0.4) is 0 Å². The highest BCUT2D eigenvalue weighted by atomic mass is 19.1. The summed E-state index contributed by atoms with van der Waals surface area (Å²) in [5.41, 5.74) is 0.241. The number of alkyl halides is 1. The molecular weight excluding hydrogens is 169 g/mol. The first-order valence-corrected chi connectivity index (χ1v) is 4.72. The summed E-state index contributed by atoms with van der Waals surface area (Å²) < 4.78 is 11.8. The Bertz CT molecular complexity index is 189. The maximum atomic E-state index is 11.8. The lowest BCUT2D eigenvalue weighted by Gasteiger charge is -2.29. The van der Waals surface area contributed by atoms with Gasteiger partial charge in [-0.3, -0.25) is 9.38 Å². The number of nitrogens with one attached hydrogen (secondary N) is 2. The molecule has 4 heteroatoms. The molecule has 13 heavy (non-hydrogen) atoms. The first kappa shape index (κ1) is 10.3. The van der Waals surface area contributed by atoms with Gasteiger partial charge in [0.15, 0.2) is 5.96 Å². The normalized spacial score (nSPS) is 20.4. The molecule has 1 aliphatic heterocycles. The van der Waals surface area contributed by atoms with E-state index >= 15 is 0 Å². The Morgan fingerprint density at radius 3 is 2.92 bits per heavy atom. The van der Waals surface area contributed by atoms with Crippen molar-refractivity contribution in [2.75, 3.05) is 26.3 Å². The fourth-order valence-corrected chi connectivity index (χ4v) is 1.12. The number of halogens is 1. The van der Waals surface area contributed by atoms with Gasteiger partial charge in [0, 0.05) is 25.0 Å².